The fourth-order valence-electron chi connectivity index (χ4n) is 3.46. The summed E-state index contributed by atoms with van der Waals surface area (Å²) >= 11 is 0. The van der Waals surface area contributed by atoms with Crippen LogP contribution in [0.1, 0.15) is 52.7 Å². The van der Waals surface area contributed by atoms with Crippen molar-refractivity contribution in [2.45, 2.75) is 52.4 Å². The van der Waals surface area contributed by atoms with Gasteiger partial charge < -0.3 is 10.0 Å². The first-order valence-corrected chi connectivity index (χ1v) is 9.53. The molecule has 3 aromatic rings. The van der Waals surface area contributed by atoms with Crippen LogP contribution >= 0.6 is 0 Å². The lowest BCUT2D eigenvalue weighted by molar-refractivity contribution is 0.426. The molecule has 0 aliphatic heterocycles. The van der Waals surface area contributed by atoms with Gasteiger partial charge in [0.1, 0.15) is 0 Å². The van der Waals surface area contributed by atoms with E-state index >= 15 is 0 Å². The van der Waals surface area contributed by atoms with E-state index in [1.165, 1.54) is 5.56 Å². The third-order valence-corrected chi connectivity index (χ3v) is 5.17. The molecule has 140 valence electrons. The number of rotatable bonds is 2. The zero-order chi connectivity index (χ0) is 20.0. The Labute approximate surface area is 163 Å². The second-order valence-corrected chi connectivity index (χ2v) is 9.43. The average molecular weight is 360 g/mol. The van der Waals surface area contributed by atoms with Gasteiger partial charge in [-0.3, -0.25) is 0 Å². The standard InChI is InChI=1S/C24H29BO2/c1-23(2,3)18-12-17-13-19(24(4,5)6)15-21(25(26)27)22(17)20(14-18)16-10-8-7-9-11-16/h7-15,26-27H,1-6H3. The molecule has 0 amide bonds. The predicted octanol–water partition coefficient (Wildman–Crippen LogP) is 4.78. The highest BCUT2D eigenvalue weighted by molar-refractivity contribution is 6.62. The van der Waals surface area contributed by atoms with Crippen molar-refractivity contribution in [1.29, 1.82) is 0 Å². The highest BCUT2D eigenvalue weighted by Gasteiger charge is 2.25. The molecule has 0 saturated heterocycles. The van der Waals surface area contributed by atoms with E-state index in [0.717, 1.165) is 27.5 Å². The first-order valence-electron chi connectivity index (χ1n) is 9.53. The lowest BCUT2D eigenvalue weighted by atomic mass is 9.71. The fraction of sp³-hybridized carbons (Fsp3) is 0.333. The van der Waals surface area contributed by atoms with Gasteiger partial charge >= 0.3 is 7.12 Å². The Morgan fingerprint density at radius 3 is 1.70 bits per heavy atom. The quantitative estimate of drug-likeness (QED) is 0.646. The molecular weight excluding hydrogens is 331 g/mol. The molecule has 0 heterocycles. The molecular formula is C24H29BO2. The summed E-state index contributed by atoms with van der Waals surface area (Å²) in [6.45, 7) is 13.1. The summed E-state index contributed by atoms with van der Waals surface area (Å²) in [7, 11) is -1.52. The van der Waals surface area contributed by atoms with E-state index in [9.17, 15) is 10.0 Å². The van der Waals surface area contributed by atoms with Crippen LogP contribution in [-0.2, 0) is 10.8 Å². The zero-order valence-electron chi connectivity index (χ0n) is 17.2. The summed E-state index contributed by atoms with van der Waals surface area (Å²) in [4.78, 5) is 0. The number of fused-ring (bicyclic) bond motifs is 1. The van der Waals surface area contributed by atoms with Crippen LogP contribution in [0.2, 0.25) is 0 Å². The van der Waals surface area contributed by atoms with Gasteiger partial charge in [-0.2, -0.15) is 0 Å². The molecule has 0 bridgehead atoms. The largest absolute Gasteiger partial charge is 0.489 e. The highest BCUT2D eigenvalue weighted by atomic mass is 16.4. The van der Waals surface area contributed by atoms with Crippen molar-refractivity contribution < 1.29 is 10.0 Å². The summed E-state index contributed by atoms with van der Waals surface area (Å²) in [5.41, 5.74) is 4.94. The van der Waals surface area contributed by atoms with Gasteiger partial charge in [0.05, 0.1) is 0 Å². The van der Waals surface area contributed by atoms with Crippen LogP contribution in [0.4, 0.5) is 0 Å². The van der Waals surface area contributed by atoms with Crippen LogP contribution < -0.4 is 5.46 Å². The van der Waals surface area contributed by atoms with Crippen LogP contribution in [0.5, 0.6) is 0 Å². The van der Waals surface area contributed by atoms with Crippen molar-refractivity contribution in [1.82, 2.24) is 0 Å². The van der Waals surface area contributed by atoms with Crippen molar-refractivity contribution in [2.24, 2.45) is 0 Å². The Kier molecular flexibility index (Phi) is 4.96. The highest BCUT2D eigenvalue weighted by Crippen LogP contribution is 2.36. The van der Waals surface area contributed by atoms with Gasteiger partial charge in [-0.15, -0.1) is 0 Å². The van der Waals surface area contributed by atoms with Gasteiger partial charge in [0, 0.05) is 0 Å². The Bertz CT molecular complexity index is 956. The van der Waals surface area contributed by atoms with Crippen molar-refractivity contribution in [3.63, 3.8) is 0 Å². The molecule has 0 spiro atoms. The number of hydrogen-bond acceptors (Lipinski definition) is 2. The van der Waals surface area contributed by atoms with Crippen LogP contribution in [0.25, 0.3) is 21.9 Å². The second-order valence-electron chi connectivity index (χ2n) is 9.43. The summed E-state index contributed by atoms with van der Waals surface area (Å²) in [5.74, 6) is 0. The minimum atomic E-state index is -1.52. The van der Waals surface area contributed by atoms with Gasteiger partial charge in [0.2, 0.25) is 0 Å². The zero-order valence-corrected chi connectivity index (χ0v) is 17.2. The predicted molar refractivity (Wildman–Crippen MR) is 117 cm³/mol. The van der Waals surface area contributed by atoms with Crippen LogP contribution in [-0.4, -0.2) is 17.2 Å². The molecule has 27 heavy (non-hydrogen) atoms. The van der Waals surface area contributed by atoms with Gasteiger partial charge in [-0.1, -0.05) is 90.1 Å². The lowest BCUT2D eigenvalue weighted by Gasteiger charge is -2.25. The molecule has 0 aliphatic rings. The fourth-order valence-corrected chi connectivity index (χ4v) is 3.46. The maximum absolute atomic E-state index is 10.2. The molecule has 0 fully saturated rings. The molecule has 0 unspecified atom stereocenters. The Hall–Kier alpha value is -2.10. The Morgan fingerprint density at radius 1 is 0.704 bits per heavy atom. The van der Waals surface area contributed by atoms with E-state index in [-0.39, 0.29) is 10.8 Å². The third kappa shape index (κ3) is 3.95. The average Bonchev–Trinajstić information content (AvgIpc) is 2.58. The summed E-state index contributed by atoms with van der Waals surface area (Å²) < 4.78 is 0. The minimum Gasteiger partial charge on any atom is -0.423 e. The van der Waals surface area contributed by atoms with Gasteiger partial charge in [-0.25, -0.2) is 0 Å². The number of hydrogen-bond donors (Lipinski definition) is 2. The minimum absolute atomic E-state index is 0.00650. The molecule has 0 atom stereocenters. The maximum atomic E-state index is 10.2. The van der Waals surface area contributed by atoms with E-state index in [1.54, 1.807) is 0 Å². The lowest BCUT2D eigenvalue weighted by Crippen LogP contribution is -2.32. The van der Waals surface area contributed by atoms with E-state index < -0.39 is 7.12 Å². The van der Waals surface area contributed by atoms with Crippen LogP contribution in [0, 0.1) is 0 Å². The van der Waals surface area contributed by atoms with E-state index in [4.69, 9.17) is 0 Å². The van der Waals surface area contributed by atoms with Crippen molar-refractivity contribution in [2.75, 3.05) is 0 Å². The van der Waals surface area contributed by atoms with E-state index in [0.29, 0.717) is 5.46 Å². The smallest absolute Gasteiger partial charge is 0.423 e. The van der Waals surface area contributed by atoms with E-state index in [2.05, 4.69) is 71.9 Å². The summed E-state index contributed by atoms with van der Waals surface area (Å²) in [6, 6.07) is 18.7. The van der Waals surface area contributed by atoms with Gasteiger partial charge in [-0.05, 0) is 55.4 Å². The molecule has 0 aromatic heterocycles. The first-order chi connectivity index (χ1) is 12.5. The molecule has 3 aromatic carbocycles. The normalized spacial score (nSPS) is 12.4. The van der Waals surface area contributed by atoms with Crippen molar-refractivity contribution in [3.05, 3.63) is 65.7 Å². The third-order valence-electron chi connectivity index (χ3n) is 5.17. The number of benzene rings is 3. The Morgan fingerprint density at radius 2 is 1.22 bits per heavy atom. The first kappa shape index (κ1) is 19.7. The van der Waals surface area contributed by atoms with Crippen LogP contribution in [0.15, 0.2) is 54.6 Å². The van der Waals surface area contributed by atoms with Gasteiger partial charge in [0.25, 0.3) is 0 Å². The monoisotopic (exact) mass is 360 g/mol. The van der Waals surface area contributed by atoms with Crippen molar-refractivity contribution in [3.8, 4) is 11.1 Å². The van der Waals surface area contributed by atoms with E-state index in [1.807, 2.05) is 24.3 Å². The topological polar surface area (TPSA) is 40.5 Å². The molecule has 3 rings (SSSR count). The van der Waals surface area contributed by atoms with Crippen LogP contribution in [0.3, 0.4) is 0 Å². The summed E-state index contributed by atoms with van der Waals surface area (Å²) in [6.07, 6.45) is 0. The SMILES string of the molecule is CC(C)(C)c1cc(B(O)O)c2c(-c3ccccc3)cc(C(C)(C)C)cc2c1. The molecule has 0 radical (unpaired) electrons. The molecule has 2 N–H and O–H groups in total. The second kappa shape index (κ2) is 6.81. The molecule has 3 heteroatoms. The van der Waals surface area contributed by atoms with Crippen molar-refractivity contribution >= 4 is 23.4 Å². The molecule has 0 aliphatic carbocycles. The maximum Gasteiger partial charge on any atom is 0.489 e. The van der Waals surface area contributed by atoms with Gasteiger partial charge in [0.15, 0.2) is 0 Å². The molecule has 2 nitrogen and oxygen atoms in total. The molecule has 0 saturated carbocycles. The Balaban J connectivity index is 2.48. The summed E-state index contributed by atoms with van der Waals surface area (Å²) in [5, 5.41) is 22.3.